The maximum atomic E-state index is 13.2. The number of rotatable bonds is 6. The van der Waals surface area contributed by atoms with Gasteiger partial charge in [-0.1, -0.05) is 51.1 Å². The lowest BCUT2D eigenvalue weighted by Gasteiger charge is -2.33. The van der Waals surface area contributed by atoms with E-state index < -0.39 is 0 Å². The lowest BCUT2D eigenvalue weighted by Crippen LogP contribution is -2.26. The van der Waals surface area contributed by atoms with E-state index in [2.05, 4.69) is 25.8 Å². The van der Waals surface area contributed by atoms with Crippen molar-refractivity contribution in [2.24, 2.45) is 11.3 Å². The van der Waals surface area contributed by atoms with Crippen LogP contribution < -0.4 is 15.0 Å². The van der Waals surface area contributed by atoms with Crippen molar-refractivity contribution in [1.82, 2.24) is 9.97 Å². The van der Waals surface area contributed by atoms with E-state index in [-0.39, 0.29) is 17.1 Å². The van der Waals surface area contributed by atoms with Crippen molar-refractivity contribution in [3.05, 3.63) is 74.9 Å². The highest BCUT2D eigenvalue weighted by Crippen LogP contribution is 2.42. The highest BCUT2D eigenvalue weighted by Gasteiger charge is 2.31. The van der Waals surface area contributed by atoms with Gasteiger partial charge in [-0.3, -0.25) is 4.79 Å². The molecule has 0 fully saturated rings. The van der Waals surface area contributed by atoms with Crippen molar-refractivity contribution in [1.29, 1.82) is 0 Å². The smallest absolute Gasteiger partial charge is 0.260 e. The molecular formula is C30H34N2O3S. The summed E-state index contributed by atoms with van der Waals surface area (Å²) in [5.41, 5.74) is 3.30. The minimum Gasteiger partial charge on any atom is -0.490 e. The second-order valence-electron chi connectivity index (χ2n) is 10.7. The van der Waals surface area contributed by atoms with Gasteiger partial charge in [0, 0.05) is 10.4 Å². The lowest BCUT2D eigenvalue weighted by atomic mass is 9.72. The fourth-order valence-corrected chi connectivity index (χ4v) is 6.36. The third-order valence-corrected chi connectivity index (χ3v) is 8.38. The molecular weight excluding hydrogens is 468 g/mol. The molecule has 188 valence electrons. The minimum absolute atomic E-state index is 0.0577. The minimum atomic E-state index is -0.125. The lowest BCUT2D eigenvalue weighted by molar-refractivity contribution is 0.211. The molecule has 0 spiro atoms. The van der Waals surface area contributed by atoms with Crippen LogP contribution in [0.2, 0.25) is 0 Å². The standard InChI is InChI=1S/C30H34N2O3S/c1-6-34-24-16-20(12-15-23(24)35-18(2)19-10-8-7-9-11-19)27-31-28(33)26-22-14-13-21(30(3,4)5)17-25(22)36-29(26)32-27/h7-12,15-16,18,21H,6,13-14,17H2,1-5H3,(H,31,32,33). The second kappa shape index (κ2) is 9.74. The van der Waals surface area contributed by atoms with E-state index in [1.807, 2.05) is 62.4 Å². The first-order chi connectivity index (χ1) is 17.2. The Hall–Kier alpha value is -3.12. The third-order valence-electron chi connectivity index (χ3n) is 7.23. The number of H-pyrrole nitrogens is 1. The van der Waals surface area contributed by atoms with Crippen molar-refractivity contribution < 1.29 is 9.47 Å². The van der Waals surface area contributed by atoms with E-state index in [1.165, 1.54) is 10.4 Å². The van der Waals surface area contributed by atoms with E-state index in [9.17, 15) is 4.79 Å². The number of fused-ring (bicyclic) bond motifs is 3. The summed E-state index contributed by atoms with van der Waals surface area (Å²) in [6, 6.07) is 15.8. The molecule has 4 aromatic rings. The van der Waals surface area contributed by atoms with Crippen LogP contribution in [-0.4, -0.2) is 16.6 Å². The topological polar surface area (TPSA) is 64.2 Å². The van der Waals surface area contributed by atoms with Gasteiger partial charge in [-0.2, -0.15) is 0 Å². The Balaban J connectivity index is 1.48. The summed E-state index contributed by atoms with van der Waals surface area (Å²) in [4.78, 5) is 23.3. The number of aromatic amines is 1. The summed E-state index contributed by atoms with van der Waals surface area (Å²) in [6.45, 7) is 11.4. The number of nitrogens with zero attached hydrogens (tertiary/aromatic N) is 1. The van der Waals surface area contributed by atoms with E-state index >= 15 is 0 Å². The fourth-order valence-electron chi connectivity index (χ4n) is 5.06. The summed E-state index contributed by atoms with van der Waals surface area (Å²) in [5, 5.41) is 0.771. The molecule has 0 bridgehead atoms. The number of aromatic nitrogens is 2. The van der Waals surface area contributed by atoms with Gasteiger partial charge in [0.1, 0.15) is 16.8 Å². The highest BCUT2D eigenvalue weighted by atomic mass is 32.1. The number of thiophene rings is 1. The zero-order valence-corrected chi connectivity index (χ0v) is 22.5. The first-order valence-electron chi connectivity index (χ1n) is 12.8. The number of hydrogen-bond donors (Lipinski definition) is 1. The van der Waals surface area contributed by atoms with Crippen LogP contribution >= 0.6 is 11.3 Å². The molecule has 0 aliphatic heterocycles. The number of ether oxygens (including phenoxy) is 2. The SMILES string of the molecule is CCOc1cc(-c2nc3sc4c(c3c(=O)[nH]2)CCC(C(C)(C)C)C4)ccc1OC(C)c1ccccc1. The van der Waals surface area contributed by atoms with Crippen LogP contribution in [-0.2, 0) is 12.8 Å². The van der Waals surface area contributed by atoms with Gasteiger partial charge < -0.3 is 14.5 Å². The van der Waals surface area contributed by atoms with E-state index in [4.69, 9.17) is 14.5 Å². The Morgan fingerprint density at radius 1 is 1.14 bits per heavy atom. The molecule has 36 heavy (non-hydrogen) atoms. The normalized spacial score (nSPS) is 16.5. The molecule has 5 rings (SSSR count). The first kappa shape index (κ1) is 24.6. The van der Waals surface area contributed by atoms with Crippen LogP contribution in [0.25, 0.3) is 21.6 Å². The van der Waals surface area contributed by atoms with Gasteiger partial charge in [0.25, 0.3) is 5.56 Å². The molecule has 1 aliphatic carbocycles. The van der Waals surface area contributed by atoms with Crippen LogP contribution in [0.5, 0.6) is 11.5 Å². The largest absolute Gasteiger partial charge is 0.490 e. The molecule has 0 saturated carbocycles. The van der Waals surface area contributed by atoms with Crippen LogP contribution in [0.1, 0.15) is 63.1 Å². The molecule has 2 unspecified atom stereocenters. The predicted octanol–water partition coefficient (Wildman–Crippen LogP) is 7.34. The van der Waals surface area contributed by atoms with Crippen LogP contribution in [0.4, 0.5) is 0 Å². The zero-order valence-electron chi connectivity index (χ0n) is 21.7. The second-order valence-corrected chi connectivity index (χ2v) is 11.8. The van der Waals surface area contributed by atoms with Gasteiger partial charge in [0.15, 0.2) is 11.5 Å². The van der Waals surface area contributed by atoms with E-state index in [0.717, 1.165) is 40.6 Å². The summed E-state index contributed by atoms with van der Waals surface area (Å²) < 4.78 is 12.2. The Bertz CT molecular complexity index is 1430. The molecule has 2 aromatic carbocycles. The van der Waals surface area contributed by atoms with Gasteiger partial charge in [0.05, 0.1) is 12.0 Å². The van der Waals surface area contributed by atoms with Crippen molar-refractivity contribution in [2.45, 2.75) is 60.0 Å². The van der Waals surface area contributed by atoms with Crippen LogP contribution in [0.15, 0.2) is 53.3 Å². The molecule has 2 aromatic heterocycles. The van der Waals surface area contributed by atoms with Crippen molar-refractivity contribution in [3.8, 4) is 22.9 Å². The molecule has 0 saturated heterocycles. The van der Waals surface area contributed by atoms with E-state index in [0.29, 0.717) is 29.8 Å². The molecule has 2 atom stereocenters. The summed E-state index contributed by atoms with van der Waals surface area (Å²) >= 11 is 1.68. The van der Waals surface area contributed by atoms with Crippen LogP contribution in [0, 0.1) is 11.3 Å². The van der Waals surface area contributed by atoms with Gasteiger partial charge in [-0.25, -0.2) is 4.98 Å². The number of benzene rings is 2. The maximum absolute atomic E-state index is 13.2. The fraction of sp³-hybridized carbons (Fsp3) is 0.400. The first-order valence-corrected chi connectivity index (χ1v) is 13.6. The maximum Gasteiger partial charge on any atom is 0.260 e. The average molecular weight is 503 g/mol. The van der Waals surface area contributed by atoms with Crippen LogP contribution in [0.3, 0.4) is 0 Å². The average Bonchev–Trinajstić information content (AvgIpc) is 3.23. The molecule has 1 aliphatic rings. The summed E-state index contributed by atoms with van der Waals surface area (Å²) in [5.74, 6) is 2.48. The highest BCUT2D eigenvalue weighted by molar-refractivity contribution is 7.18. The van der Waals surface area contributed by atoms with Gasteiger partial charge >= 0.3 is 0 Å². The van der Waals surface area contributed by atoms with Gasteiger partial charge in [-0.15, -0.1) is 11.3 Å². The van der Waals surface area contributed by atoms with Crippen molar-refractivity contribution in [3.63, 3.8) is 0 Å². The number of aryl methyl sites for hydroxylation is 1. The third kappa shape index (κ3) is 4.79. The predicted molar refractivity (Wildman–Crippen MR) is 147 cm³/mol. The monoisotopic (exact) mass is 502 g/mol. The van der Waals surface area contributed by atoms with Gasteiger partial charge in [0.2, 0.25) is 0 Å². The Kier molecular flexibility index (Phi) is 6.64. The summed E-state index contributed by atoms with van der Waals surface area (Å²) in [6.07, 6.45) is 2.96. The number of hydrogen-bond acceptors (Lipinski definition) is 5. The molecule has 0 radical (unpaired) electrons. The van der Waals surface area contributed by atoms with Gasteiger partial charge in [-0.05, 0) is 73.8 Å². The summed E-state index contributed by atoms with van der Waals surface area (Å²) in [7, 11) is 0. The molecule has 2 heterocycles. The molecule has 5 nitrogen and oxygen atoms in total. The Labute approximate surface area is 216 Å². The Morgan fingerprint density at radius 2 is 1.92 bits per heavy atom. The quantitative estimate of drug-likeness (QED) is 0.300. The Morgan fingerprint density at radius 3 is 2.64 bits per heavy atom. The zero-order chi connectivity index (χ0) is 25.4. The van der Waals surface area contributed by atoms with Crippen molar-refractivity contribution in [2.75, 3.05) is 6.61 Å². The molecule has 0 amide bonds. The molecule has 6 heteroatoms. The van der Waals surface area contributed by atoms with Crippen molar-refractivity contribution >= 4 is 21.6 Å². The van der Waals surface area contributed by atoms with E-state index in [1.54, 1.807) is 11.3 Å². The molecule has 1 N–H and O–H groups in total. The number of nitrogens with one attached hydrogen (secondary N) is 1.